The van der Waals surface area contributed by atoms with Crippen LogP contribution in [0.2, 0.25) is 0 Å². The van der Waals surface area contributed by atoms with E-state index in [1.807, 2.05) is 78.2 Å². The Kier molecular flexibility index (Phi) is 11.7. The van der Waals surface area contributed by atoms with E-state index < -0.39 is 23.1 Å². The van der Waals surface area contributed by atoms with E-state index in [1.165, 1.54) is 28.4 Å². The number of hydrogen-bond acceptors (Lipinski definition) is 12. The number of rotatable bonds is 10. The standard InChI is InChI=1S/C41H50N4O8/c1-40(2,3)52-38(46)36-30(48-7)20-28(21-31(36)49-8)26-12-14-34(42-24-26)44-16-11-17-45(19-18-44)35-15-13-27(25-43-35)29-22-32(50-9)37(33(23-29)51-10)39(47)53-41(4,5)6/h12-15,20-25H,11,16-19H2,1-10H3. The molecule has 2 aromatic carbocycles. The van der Waals surface area contributed by atoms with E-state index in [2.05, 4.69) is 9.80 Å². The Bertz CT molecular complexity index is 1730. The van der Waals surface area contributed by atoms with Crippen LogP contribution >= 0.6 is 0 Å². The molecule has 5 rings (SSSR count). The highest BCUT2D eigenvalue weighted by Gasteiger charge is 2.28. The van der Waals surface area contributed by atoms with Crippen molar-refractivity contribution >= 4 is 23.6 Å². The van der Waals surface area contributed by atoms with E-state index in [0.717, 1.165) is 66.5 Å². The van der Waals surface area contributed by atoms with E-state index >= 15 is 0 Å². The molecule has 3 heterocycles. The zero-order valence-electron chi connectivity index (χ0n) is 32.4. The summed E-state index contributed by atoms with van der Waals surface area (Å²) in [4.78, 5) is 40.1. The van der Waals surface area contributed by atoms with Crippen LogP contribution in [0.5, 0.6) is 23.0 Å². The van der Waals surface area contributed by atoms with Crippen molar-refractivity contribution in [3.8, 4) is 45.3 Å². The van der Waals surface area contributed by atoms with Crippen molar-refractivity contribution in [1.82, 2.24) is 9.97 Å². The van der Waals surface area contributed by atoms with Crippen LogP contribution in [0.15, 0.2) is 60.9 Å². The van der Waals surface area contributed by atoms with E-state index in [-0.39, 0.29) is 11.1 Å². The topological polar surface area (TPSA) is 122 Å². The highest BCUT2D eigenvalue weighted by atomic mass is 16.6. The zero-order chi connectivity index (χ0) is 38.5. The first-order valence-electron chi connectivity index (χ1n) is 17.6. The molecule has 0 amide bonds. The number of benzene rings is 2. The molecule has 1 aliphatic heterocycles. The lowest BCUT2D eigenvalue weighted by Crippen LogP contribution is -2.31. The Morgan fingerprint density at radius 3 is 1.13 bits per heavy atom. The predicted molar refractivity (Wildman–Crippen MR) is 205 cm³/mol. The highest BCUT2D eigenvalue weighted by Crippen LogP contribution is 2.38. The second-order valence-electron chi connectivity index (χ2n) is 14.7. The van der Waals surface area contributed by atoms with Crippen LogP contribution in [-0.4, -0.2) is 87.7 Å². The fraction of sp³-hybridized carbons (Fsp3) is 0.415. The molecule has 53 heavy (non-hydrogen) atoms. The molecule has 1 aliphatic rings. The van der Waals surface area contributed by atoms with Gasteiger partial charge in [0.25, 0.3) is 0 Å². The van der Waals surface area contributed by atoms with Gasteiger partial charge in [0.2, 0.25) is 0 Å². The summed E-state index contributed by atoms with van der Waals surface area (Å²) in [7, 11) is 6.07. The molecule has 0 spiro atoms. The van der Waals surface area contributed by atoms with Gasteiger partial charge in [-0.05, 0) is 108 Å². The van der Waals surface area contributed by atoms with Crippen LogP contribution in [-0.2, 0) is 9.47 Å². The van der Waals surface area contributed by atoms with Gasteiger partial charge in [0.05, 0.1) is 28.4 Å². The molecule has 12 heteroatoms. The second-order valence-corrected chi connectivity index (χ2v) is 14.7. The van der Waals surface area contributed by atoms with Crippen molar-refractivity contribution in [2.24, 2.45) is 0 Å². The van der Waals surface area contributed by atoms with Gasteiger partial charge in [-0.2, -0.15) is 0 Å². The quantitative estimate of drug-likeness (QED) is 0.151. The number of hydrogen-bond donors (Lipinski definition) is 0. The molecular weight excluding hydrogens is 676 g/mol. The van der Waals surface area contributed by atoms with E-state index in [1.54, 1.807) is 24.3 Å². The fourth-order valence-electron chi connectivity index (χ4n) is 6.08. The summed E-state index contributed by atoms with van der Waals surface area (Å²) in [6.45, 7) is 14.1. The molecule has 0 bridgehead atoms. The Morgan fingerprint density at radius 1 is 0.528 bits per heavy atom. The maximum absolute atomic E-state index is 13.0. The Morgan fingerprint density at radius 2 is 0.868 bits per heavy atom. The number of anilines is 2. The van der Waals surface area contributed by atoms with E-state index in [9.17, 15) is 9.59 Å². The average Bonchev–Trinajstić information content (AvgIpc) is 3.39. The lowest BCUT2D eigenvalue weighted by Gasteiger charge is -2.24. The van der Waals surface area contributed by atoms with Crippen molar-refractivity contribution in [3.63, 3.8) is 0 Å². The summed E-state index contributed by atoms with van der Waals surface area (Å²) < 4.78 is 33.6. The van der Waals surface area contributed by atoms with Gasteiger partial charge < -0.3 is 38.2 Å². The number of pyridine rings is 2. The van der Waals surface area contributed by atoms with Crippen LogP contribution in [0.25, 0.3) is 22.3 Å². The van der Waals surface area contributed by atoms with Gasteiger partial charge >= 0.3 is 11.9 Å². The van der Waals surface area contributed by atoms with Crippen LogP contribution in [0.1, 0.15) is 68.7 Å². The third-order valence-corrected chi connectivity index (χ3v) is 8.52. The summed E-state index contributed by atoms with van der Waals surface area (Å²) in [6, 6.07) is 15.2. The first-order valence-corrected chi connectivity index (χ1v) is 17.6. The first-order chi connectivity index (χ1) is 25.1. The Hall–Kier alpha value is -5.52. The molecule has 0 N–H and O–H groups in total. The smallest absolute Gasteiger partial charge is 0.346 e. The number of methoxy groups -OCH3 is 4. The molecule has 12 nitrogen and oxygen atoms in total. The summed E-state index contributed by atoms with van der Waals surface area (Å²) in [6.07, 6.45) is 4.57. The Balaban J connectivity index is 1.28. The van der Waals surface area contributed by atoms with Crippen LogP contribution in [0.3, 0.4) is 0 Å². The number of ether oxygens (including phenoxy) is 6. The maximum Gasteiger partial charge on any atom is 0.346 e. The summed E-state index contributed by atoms with van der Waals surface area (Å²) in [5.74, 6) is 2.18. The molecule has 4 aromatic rings. The molecular formula is C41H50N4O8. The van der Waals surface area contributed by atoms with Crippen molar-refractivity contribution in [1.29, 1.82) is 0 Å². The third kappa shape index (κ3) is 9.29. The molecule has 0 unspecified atom stereocenters. The molecule has 1 saturated heterocycles. The molecule has 2 aromatic heterocycles. The minimum atomic E-state index is -0.665. The van der Waals surface area contributed by atoms with Crippen molar-refractivity contribution < 1.29 is 38.0 Å². The zero-order valence-corrected chi connectivity index (χ0v) is 32.4. The summed E-state index contributed by atoms with van der Waals surface area (Å²) >= 11 is 0. The number of aromatic nitrogens is 2. The molecule has 0 atom stereocenters. The number of carbonyl (C=O) groups is 2. The van der Waals surface area contributed by atoms with E-state index in [0.29, 0.717) is 23.0 Å². The van der Waals surface area contributed by atoms with Gasteiger partial charge in [-0.25, -0.2) is 19.6 Å². The van der Waals surface area contributed by atoms with Gasteiger partial charge in [-0.3, -0.25) is 0 Å². The lowest BCUT2D eigenvalue weighted by atomic mass is 10.0. The molecule has 0 aliphatic carbocycles. The van der Waals surface area contributed by atoms with Crippen LogP contribution in [0.4, 0.5) is 11.6 Å². The third-order valence-electron chi connectivity index (χ3n) is 8.52. The van der Waals surface area contributed by atoms with Crippen LogP contribution < -0.4 is 28.7 Å². The first kappa shape index (κ1) is 38.7. The average molecular weight is 727 g/mol. The molecule has 282 valence electrons. The normalized spacial score (nSPS) is 13.5. The Labute approximate surface area is 311 Å². The predicted octanol–water partition coefficient (Wildman–Crippen LogP) is 7.47. The minimum Gasteiger partial charge on any atom is -0.496 e. The monoisotopic (exact) mass is 726 g/mol. The second kappa shape index (κ2) is 16.0. The molecule has 0 saturated carbocycles. The van der Waals surface area contributed by atoms with Gasteiger partial charge in [0.15, 0.2) is 0 Å². The van der Waals surface area contributed by atoms with Crippen LogP contribution in [0, 0.1) is 0 Å². The lowest BCUT2D eigenvalue weighted by molar-refractivity contribution is 0.00502. The number of esters is 2. The summed E-state index contributed by atoms with van der Waals surface area (Å²) in [5, 5.41) is 0. The van der Waals surface area contributed by atoms with Gasteiger partial charge in [0, 0.05) is 49.7 Å². The van der Waals surface area contributed by atoms with Crippen molar-refractivity contribution in [2.45, 2.75) is 59.2 Å². The highest BCUT2D eigenvalue weighted by molar-refractivity contribution is 5.98. The van der Waals surface area contributed by atoms with Crippen molar-refractivity contribution in [3.05, 3.63) is 72.1 Å². The molecule has 1 fully saturated rings. The van der Waals surface area contributed by atoms with Crippen molar-refractivity contribution in [2.75, 3.05) is 64.4 Å². The fourth-order valence-corrected chi connectivity index (χ4v) is 6.08. The van der Waals surface area contributed by atoms with Gasteiger partial charge in [-0.1, -0.05) is 0 Å². The molecule has 0 radical (unpaired) electrons. The van der Waals surface area contributed by atoms with Gasteiger partial charge in [0.1, 0.15) is 57.0 Å². The van der Waals surface area contributed by atoms with Gasteiger partial charge in [-0.15, -0.1) is 0 Å². The SMILES string of the molecule is COc1cc(-c2ccc(N3CCCN(c4ccc(-c5cc(OC)c(C(=O)OC(C)(C)C)c(OC)c5)cn4)CC3)nc2)cc(OC)c1C(=O)OC(C)(C)C. The maximum atomic E-state index is 13.0. The van der Waals surface area contributed by atoms with E-state index in [4.69, 9.17) is 38.4 Å². The summed E-state index contributed by atoms with van der Waals surface area (Å²) in [5.41, 5.74) is 2.48. The number of nitrogens with zero attached hydrogens (tertiary/aromatic N) is 4. The number of carbonyl (C=O) groups excluding carboxylic acids is 2. The largest absolute Gasteiger partial charge is 0.496 e. The minimum absolute atomic E-state index is 0.242.